The van der Waals surface area contributed by atoms with E-state index in [1.54, 1.807) is 0 Å². The second kappa shape index (κ2) is 22.7. The molecule has 32 valence electrons. The minimum atomic E-state index is -2.33. The van der Waals surface area contributed by atoms with Gasteiger partial charge in [-0.1, -0.05) is 0 Å². The van der Waals surface area contributed by atoms with Crippen LogP contribution in [0.2, 0.25) is 0 Å². The van der Waals surface area contributed by atoms with E-state index in [1.165, 1.54) is 0 Å². The van der Waals surface area contributed by atoms with E-state index in [0.717, 1.165) is 0 Å². The van der Waals surface area contributed by atoms with Crippen LogP contribution >= 0.6 is 0 Å². The summed E-state index contributed by atoms with van der Waals surface area (Å²) in [5.41, 5.74) is 0. The zero-order valence-corrected chi connectivity index (χ0v) is 16.6. The molecule has 0 atom stereocenters. The van der Waals surface area contributed by atoms with E-state index in [1.807, 2.05) is 0 Å². The topological polar surface area (TPSA) is 63.2 Å². The molecule has 0 aliphatic carbocycles. The van der Waals surface area contributed by atoms with Gasteiger partial charge in [-0.2, -0.15) is 0 Å². The zero-order chi connectivity index (χ0) is 3.58. The summed E-state index contributed by atoms with van der Waals surface area (Å²) >= 11 is 0. The summed E-state index contributed by atoms with van der Waals surface area (Å²) in [6.07, 6.45) is -2.33. The first-order chi connectivity index (χ1) is 1.73. The molecule has 0 fully saturated rings. The van der Waals surface area contributed by atoms with Gasteiger partial charge in [-0.15, -0.1) is 0 Å². The third kappa shape index (κ3) is 44.4. The second-order valence-electron chi connectivity index (χ2n) is 0.250. The molecular formula is CIK3O3. The quantitative estimate of drug-likeness (QED) is 0.330. The van der Waals surface area contributed by atoms with Crippen molar-refractivity contribution in [2.24, 2.45) is 0 Å². The fourth-order valence-electron chi connectivity index (χ4n) is 0. The monoisotopic (exact) mass is 304 g/mol. The first-order valence-electron chi connectivity index (χ1n) is 0.612. The molecular weight excluding hydrogens is 304 g/mol. The molecule has 0 aliphatic rings. The summed E-state index contributed by atoms with van der Waals surface area (Å²) in [5, 5.41) is 16.7. The molecule has 0 amide bonds. The van der Waals surface area contributed by atoms with Gasteiger partial charge in [0, 0.05) is 0 Å². The molecule has 7 heteroatoms. The summed E-state index contributed by atoms with van der Waals surface area (Å²) in [6, 6.07) is 0. The van der Waals surface area contributed by atoms with E-state index in [2.05, 4.69) is 0 Å². The normalized spacial score (nSPS) is 3.00. The molecule has 0 saturated carbocycles. The minimum absolute atomic E-state index is 0. The predicted molar refractivity (Wildman–Crippen MR) is 5.40 cm³/mol. The van der Waals surface area contributed by atoms with Gasteiger partial charge < -0.3 is 39.0 Å². The molecule has 0 rings (SSSR count). The largest absolute Gasteiger partial charge is 1.00 e. The Morgan fingerprint density at radius 2 is 1.00 bits per heavy atom. The van der Waals surface area contributed by atoms with E-state index in [4.69, 9.17) is 15.0 Å². The molecule has 0 spiro atoms. The Labute approximate surface area is 192 Å². The van der Waals surface area contributed by atoms with Crippen molar-refractivity contribution in [2.45, 2.75) is 0 Å². The Morgan fingerprint density at radius 3 is 1.00 bits per heavy atom. The van der Waals surface area contributed by atoms with Crippen LogP contribution in [0.25, 0.3) is 0 Å². The molecule has 3 nitrogen and oxygen atoms in total. The standard InChI is InChI=1S/CH2O3.HI.3K/c2-1(3)4;;;;/h(H2,2,3,4);1H;;;/q;;3*+1/p-3. The van der Waals surface area contributed by atoms with E-state index in [0.29, 0.717) is 0 Å². The molecule has 0 bridgehead atoms. The van der Waals surface area contributed by atoms with Crippen molar-refractivity contribution in [3.63, 3.8) is 0 Å². The molecule has 0 N–H and O–H groups in total. The van der Waals surface area contributed by atoms with Crippen molar-refractivity contribution in [2.75, 3.05) is 0 Å². The van der Waals surface area contributed by atoms with Crippen molar-refractivity contribution in [3.05, 3.63) is 0 Å². The van der Waals surface area contributed by atoms with Crippen LogP contribution in [0.3, 0.4) is 0 Å². The summed E-state index contributed by atoms with van der Waals surface area (Å²) in [6.45, 7) is 0. The van der Waals surface area contributed by atoms with E-state index in [9.17, 15) is 0 Å². The van der Waals surface area contributed by atoms with Crippen LogP contribution in [-0.4, -0.2) is 6.16 Å². The maximum atomic E-state index is 8.33. The molecule has 0 aromatic rings. The number of halogens is 1. The molecule has 0 aliphatic heterocycles. The Kier molecular flexibility index (Phi) is 82.9. The number of rotatable bonds is 0. The van der Waals surface area contributed by atoms with Gasteiger partial charge in [0.25, 0.3) is 0 Å². The van der Waals surface area contributed by atoms with Crippen molar-refractivity contribution < 1.29 is 193 Å². The molecule has 0 saturated heterocycles. The number of hydrogen-bond acceptors (Lipinski definition) is 3. The Morgan fingerprint density at radius 1 is 1.00 bits per heavy atom. The van der Waals surface area contributed by atoms with Gasteiger partial charge >= 0.3 is 154 Å². The van der Waals surface area contributed by atoms with Gasteiger partial charge in [-0.05, 0) is 6.16 Å². The van der Waals surface area contributed by atoms with Crippen molar-refractivity contribution in [3.8, 4) is 0 Å². The number of carbonyl (C=O) groups excluding carboxylic acids is 1. The fourth-order valence-corrected chi connectivity index (χ4v) is 0. The second-order valence-corrected chi connectivity index (χ2v) is 0.250. The van der Waals surface area contributed by atoms with Crippen molar-refractivity contribution >= 4 is 6.16 Å². The van der Waals surface area contributed by atoms with Gasteiger partial charge in [0.1, 0.15) is 0 Å². The molecule has 8 heavy (non-hydrogen) atoms. The maximum Gasteiger partial charge on any atom is 1.00 e. The Hall–Kier alpha value is 4.91. The fraction of sp³-hybridized carbons (Fsp3) is 0. The third-order valence-electron chi connectivity index (χ3n) is 0. The molecule has 0 radical (unpaired) electrons. The predicted octanol–water partition coefficient (Wildman–Crippen LogP) is -14.4. The summed E-state index contributed by atoms with van der Waals surface area (Å²) in [7, 11) is 0. The van der Waals surface area contributed by atoms with Crippen LogP contribution < -0.4 is 188 Å². The zero-order valence-electron chi connectivity index (χ0n) is 5.10. The smallest absolute Gasteiger partial charge is 1.00 e. The Bertz CT molecular complexity index is 37.5. The van der Waals surface area contributed by atoms with Gasteiger partial charge in [0.2, 0.25) is 0 Å². The van der Waals surface area contributed by atoms with Gasteiger partial charge in [0.05, 0.1) is 0 Å². The molecule has 0 aromatic carbocycles. The van der Waals surface area contributed by atoms with E-state index < -0.39 is 6.16 Å². The SMILES string of the molecule is O=C([O-])[O-].[I-].[K+].[K+].[K+]. The first kappa shape index (κ1) is 29.3. The average molecular weight is 304 g/mol. The number of hydrogen-bond donors (Lipinski definition) is 0. The van der Waals surface area contributed by atoms with Gasteiger partial charge in [-0.25, -0.2) is 0 Å². The van der Waals surface area contributed by atoms with Crippen molar-refractivity contribution in [1.29, 1.82) is 0 Å². The molecule has 0 unspecified atom stereocenters. The van der Waals surface area contributed by atoms with Crippen LogP contribution in [-0.2, 0) is 0 Å². The van der Waals surface area contributed by atoms with E-state index >= 15 is 0 Å². The van der Waals surface area contributed by atoms with Gasteiger partial charge in [-0.3, -0.25) is 0 Å². The average Bonchev–Trinajstić information content (AvgIpc) is 0.811. The maximum absolute atomic E-state index is 8.33. The summed E-state index contributed by atoms with van der Waals surface area (Å²) < 4.78 is 0. The van der Waals surface area contributed by atoms with E-state index in [-0.39, 0.29) is 178 Å². The first-order valence-corrected chi connectivity index (χ1v) is 0.612. The van der Waals surface area contributed by atoms with Crippen LogP contribution in [0.1, 0.15) is 0 Å². The third-order valence-corrected chi connectivity index (χ3v) is 0. The number of carboxylic acid groups (broad SMARTS) is 2. The van der Waals surface area contributed by atoms with Crippen molar-refractivity contribution in [1.82, 2.24) is 0 Å². The van der Waals surface area contributed by atoms with Crippen LogP contribution in [0.15, 0.2) is 0 Å². The molecule has 0 aromatic heterocycles. The summed E-state index contributed by atoms with van der Waals surface area (Å²) in [4.78, 5) is 8.33. The van der Waals surface area contributed by atoms with Gasteiger partial charge in [0.15, 0.2) is 0 Å². The molecule has 0 heterocycles. The number of carbonyl (C=O) groups is 1. The van der Waals surface area contributed by atoms with Crippen LogP contribution in [0, 0.1) is 0 Å². The van der Waals surface area contributed by atoms with Crippen LogP contribution in [0.5, 0.6) is 0 Å². The van der Waals surface area contributed by atoms with Crippen LogP contribution in [0.4, 0.5) is 4.79 Å². The Balaban J connectivity index is -0.00000000750. The minimum Gasteiger partial charge on any atom is -1.00 e. The summed E-state index contributed by atoms with van der Waals surface area (Å²) in [5.74, 6) is 0.